The maximum absolute atomic E-state index is 14.8. The van der Waals surface area contributed by atoms with Crippen LogP contribution in [0.1, 0.15) is 39.0 Å². The molecule has 0 unspecified atom stereocenters. The van der Waals surface area contributed by atoms with Crippen LogP contribution in [0.2, 0.25) is 5.15 Å². The third-order valence-electron chi connectivity index (χ3n) is 6.81. The summed E-state index contributed by atoms with van der Waals surface area (Å²) in [5, 5.41) is 10.7. The molecule has 0 amide bonds. The zero-order valence-corrected chi connectivity index (χ0v) is 18.2. The van der Waals surface area contributed by atoms with Crippen molar-refractivity contribution >= 4 is 28.3 Å². The van der Waals surface area contributed by atoms with Crippen LogP contribution in [-0.2, 0) is 0 Å². The number of hydrogen-bond acceptors (Lipinski definition) is 7. The molecule has 3 atom stereocenters. The van der Waals surface area contributed by atoms with Gasteiger partial charge < -0.3 is 14.7 Å². The lowest BCUT2D eigenvalue weighted by Gasteiger charge is -2.38. The van der Waals surface area contributed by atoms with Crippen molar-refractivity contribution in [1.29, 1.82) is 0 Å². The number of β-amino-alcohol motifs (C(OH)–C–C–N with tert-alkyl or cyclic N) is 1. The Labute approximate surface area is 184 Å². The van der Waals surface area contributed by atoms with E-state index < -0.39 is 17.6 Å². The first-order chi connectivity index (χ1) is 14.8. The van der Waals surface area contributed by atoms with Gasteiger partial charge in [-0.1, -0.05) is 11.6 Å². The summed E-state index contributed by atoms with van der Waals surface area (Å²) in [5.41, 5.74) is -1.21. The number of aliphatic hydroxyl groups is 1. The summed E-state index contributed by atoms with van der Waals surface area (Å²) in [6.07, 6.45) is 4.31. The van der Waals surface area contributed by atoms with Gasteiger partial charge in [0.25, 0.3) is 0 Å². The molecule has 3 fully saturated rings. The molecule has 3 saturated heterocycles. The summed E-state index contributed by atoms with van der Waals surface area (Å²) < 4.78 is 34.9. The Morgan fingerprint density at radius 2 is 2.10 bits per heavy atom. The summed E-state index contributed by atoms with van der Waals surface area (Å²) >= 11 is 5.90. The van der Waals surface area contributed by atoms with Crippen LogP contribution in [-0.4, -0.2) is 75.1 Å². The Hall–Kier alpha value is -1.84. The van der Waals surface area contributed by atoms with Crippen molar-refractivity contribution in [3.05, 3.63) is 17.2 Å². The van der Waals surface area contributed by atoms with Crippen molar-refractivity contribution in [2.24, 2.45) is 0 Å². The van der Waals surface area contributed by atoms with E-state index in [0.717, 1.165) is 25.8 Å². The Morgan fingerprint density at radius 1 is 1.29 bits per heavy atom. The lowest BCUT2D eigenvalue weighted by molar-refractivity contribution is 0.0447. The molecular formula is C21H26ClF2N5O2. The first kappa shape index (κ1) is 21.0. The van der Waals surface area contributed by atoms with Gasteiger partial charge in [0.1, 0.15) is 24.1 Å². The average Bonchev–Trinajstić information content (AvgIpc) is 3.24. The van der Waals surface area contributed by atoms with Gasteiger partial charge in [0.05, 0.1) is 16.5 Å². The lowest BCUT2D eigenvalue weighted by Crippen LogP contribution is -2.46. The molecule has 10 heteroatoms. The highest BCUT2D eigenvalue weighted by Crippen LogP contribution is 2.40. The standard InChI is InChI=1S/C21H26ClF2N5O2/c1-20(30)4-2-6-28(11-20)18-14-9-25-17(22)15(24)16(14)26-19(27-18)31-12-21-5-3-7-29(21)10-13(23)8-21/h9,13,30H,2-8,10-12H2,1H3/t13-,20+,21+/m1/s1. The molecule has 3 aliphatic rings. The average molecular weight is 454 g/mol. The number of ether oxygens (including phenoxy) is 1. The van der Waals surface area contributed by atoms with E-state index in [2.05, 4.69) is 19.9 Å². The summed E-state index contributed by atoms with van der Waals surface area (Å²) in [6, 6.07) is 0.0254. The quantitative estimate of drug-likeness (QED) is 0.713. The topological polar surface area (TPSA) is 74.6 Å². The normalized spacial score (nSPS) is 31.4. The Bertz CT molecular complexity index is 1010. The number of hydrogen-bond donors (Lipinski definition) is 1. The highest BCUT2D eigenvalue weighted by molar-refractivity contribution is 6.30. The van der Waals surface area contributed by atoms with Crippen molar-refractivity contribution in [1.82, 2.24) is 19.9 Å². The van der Waals surface area contributed by atoms with E-state index in [9.17, 15) is 13.9 Å². The van der Waals surface area contributed by atoms with Crippen LogP contribution < -0.4 is 9.64 Å². The van der Waals surface area contributed by atoms with E-state index >= 15 is 0 Å². The number of rotatable bonds is 4. The molecule has 168 valence electrons. The van der Waals surface area contributed by atoms with Gasteiger partial charge in [-0.25, -0.2) is 13.8 Å². The molecular weight excluding hydrogens is 428 g/mol. The number of pyridine rings is 1. The molecule has 0 aliphatic carbocycles. The van der Waals surface area contributed by atoms with Crippen LogP contribution >= 0.6 is 11.6 Å². The third-order valence-corrected chi connectivity index (χ3v) is 7.07. The van der Waals surface area contributed by atoms with E-state index in [1.54, 1.807) is 6.92 Å². The zero-order chi connectivity index (χ0) is 21.8. The van der Waals surface area contributed by atoms with Gasteiger partial charge in [0.15, 0.2) is 11.0 Å². The molecule has 2 aromatic rings. The third kappa shape index (κ3) is 3.81. The van der Waals surface area contributed by atoms with Crippen molar-refractivity contribution in [2.75, 3.05) is 37.7 Å². The van der Waals surface area contributed by atoms with E-state index in [0.29, 0.717) is 43.7 Å². The molecule has 7 nitrogen and oxygen atoms in total. The summed E-state index contributed by atoms with van der Waals surface area (Å²) in [6.45, 7) is 4.31. The maximum atomic E-state index is 14.8. The minimum Gasteiger partial charge on any atom is -0.461 e. The fourth-order valence-corrected chi connectivity index (χ4v) is 5.49. The number of anilines is 1. The number of alkyl halides is 1. The first-order valence-corrected chi connectivity index (χ1v) is 11.2. The Morgan fingerprint density at radius 3 is 2.90 bits per heavy atom. The fraction of sp³-hybridized carbons (Fsp3) is 0.667. The minimum absolute atomic E-state index is 0.0254. The Kier molecular flexibility index (Phi) is 5.18. The number of halogens is 3. The molecule has 5 heterocycles. The van der Waals surface area contributed by atoms with Gasteiger partial charge in [0.2, 0.25) is 0 Å². The smallest absolute Gasteiger partial charge is 0.319 e. The van der Waals surface area contributed by atoms with Crippen LogP contribution in [0, 0.1) is 5.82 Å². The highest BCUT2D eigenvalue weighted by atomic mass is 35.5. The van der Waals surface area contributed by atoms with Gasteiger partial charge in [-0.05, 0) is 39.2 Å². The minimum atomic E-state index is -0.877. The molecule has 2 aromatic heterocycles. The monoisotopic (exact) mass is 453 g/mol. The fourth-order valence-electron chi connectivity index (χ4n) is 5.35. The number of fused-ring (bicyclic) bond motifs is 2. The van der Waals surface area contributed by atoms with Crippen LogP contribution in [0.5, 0.6) is 6.01 Å². The van der Waals surface area contributed by atoms with Crippen LogP contribution in [0.25, 0.3) is 10.9 Å². The summed E-state index contributed by atoms with van der Waals surface area (Å²) in [7, 11) is 0. The molecule has 0 radical (unpaired) electrons. The van der Waals surface area contributed by atoms with Crippen molar-refractivity contribution in [3.63, 3.8) is 0 Å². The van der Waals surface area contributed by atoms with Gasteiger partial charge in [-0.2, -0.15) is 9.97 Å². The van der Waals surface area contributed by atoms with Crippen LogP contribution in [0.15, 0.2) is 6.20 Å². The van der Waals surface area contributed by atoms with Crippen molar-refractivity contribution in [2.45, 2.75) is 56.3 Å². The second-order valence-corrected chi connectivity index (χ2v) is 9.70. The molecule has 3 aliphatic heterocycles. The molecule has 0 bridgehead atoms. The molecule has 0 saturated carbocycles. The lowest BCUT2D eigenvalue weighted by atomic mass is 9.95. The molecule has 0 aromatic carbocycles. The van der Waals surface area contributed by atoms with E-state index in [-0.39, 0.29) is 28.8 Å². The predicted molar refractivity (Wildman–Crippen MR) is 113 cm³/mol. The second-order valence-electron chi connectivity index (χ2n) is 9.34. The van der Waals surface area contributed by atoms with Gasteiger partial charge >= 0.3 is 6.01 Å². The van der Waals surface area contributed by atoms with Crippen molar-refractivity contribution in [3.8, 4) is 6.01 Å². The second kappa shape index (κ2) is 7.64. The number of piperidine rings is 1. The van der Waals surface area contributed by atoms with Gasteiger partial charge in [0, 0.05) is 32.3 Å². The number of aromatic nitrogens is 3. The van der Waals surface area contributed by atoms with Gasteiger partial charge in [-0.3, -0.25) is 4.90 Å². The summed E-state index contributed by atoms with van der Waals surface area (Å²) in [4.78, 5) is 16.8. The van der Waals surface area contributed by atoms with Crippen LogP contribution in [0.3, 0.4) is 0 Å². The molecule has 31 heavy (non-hydrogen) atoms. The van der Waals surface area contributed by atoms with E-state index in [4.69, 9.17) is 16.3 Å². The Balaban J connectivity index is 1.50. The zero-order valence-electron chi connectivity index (χ0n) is 17.5. The van der Waals surface area contributed by atoms with E-state index in [1.165, 1.54) is 6.20 Å². The maximum Gasteiger partial charge on any atom is 0.319 e. The van der Waals surface area contributed by atoms with Crippen LogP contribution in [0.4, 0.5) is 14.6 Å². The van der Waals surface area contributed by atoms with E-state index in [1.807, 2.05) is 4.90 Å². The summed E-state index contributed by atoms with van der Waals surface area (Å²) in [5.74, 6) is -0.277. The number of nitrogens with zero attached hydrogens (tertiary/aromatic N) is 5. The SMILES string of the molecule is C[C@]1(O)CCCN(c2nc(OC[C@@]34CCCN3C[C@H](F)C4)nc3c(F)c(Cl)ncc23)C1. The molecule has 0 spiro atoms. The first-order valence-electron chi connectivity index (χ1n) is 10.8. The molecule has 5 rings (SSSR count). The largest absolute Gasteiger partial charge is 0.461 e. The highest BCUT2D eigenvalue weighted by Gasteiger charge is 2.49. The van der Waals surface area contributed by atoms with Gasteiger partial charge in [-0.15, -0.1) is 0 Å². The van der Waals surface area contributed by atoms with Crippen molar-refractivity contribution < 1.29 is 18.6 Å². The molecule has 1 N–H and O–H groups in total. The predicted octanol–water partition coefficient (Wildman–Crippen LogP) is 3.12.